The van der Waals surface area contributed by atoms with E-state index < -0.39 is 61.5 Å². The first kappa shape index (κ1) is 29.6. The van der Waals surface area contributed by atoms with Gasteiger partial charge in [0, 0.05) is 6.20 Å². The van der Waals surface area contributed by atoms with E-state index in [2.05, 4.69) is 26.0 Å². The van der Waals surface area contributed by atoms with E-state index in [1.54, 1.807) is 44.2 Å². The van der Waals surface area contributed by atoms with Crippen LogP contribution in [0.3, 0.4) is 0 Å². The van der Waals surface area contributed by atoms with Crippen molar-refractivity contribution in [2.45, 2.75) is 63.2 Å². The summed E-state index contributed by atoms with van der Waals surface area (Å²) >= 11 is 9.79. The van der Waals surface area contributed by atoms with Crippen LogP contribution in [0, 0.1) is 0 Å². The number of aromatic nitrogens is 2. The molecule has 3 rings (SSSR count). The first-order valence-corrected chi connectivity index (χ1v) is 14.0. The number of carbonyl (C=O) groups is 1. The number of aliphatic hydroxyl groups excluding tert-OH is 1. The van der Waals surface area contributed by atoms with E-state index in [1.807, 2.05) is 0 Å². The first-order chi connectivity index (χ1) is 17.2. The quantitative estimate of drug-likeness (QED) is 0.202. The van der Waals surface area contributed by atoms with E-state index in [9.17, 15) is 19.3 Å². The van der Waals surface area contributed by atoms with Crippen LogP contribution in [0.1, 0.15) is 33.9 Å². The Hall–Kier alpha value is -1.99. The summed E-state index contributed by atoms with van der Waals surface area (Å²) in [6.45, 7) is 5.81. The van der Waals surface area contributed by atoms with Crippen molar-refractivity contribution in [2.75, 3.05) is 12.3 Å². The highest BCUT2D eigenvalue weighted by Crippen LogP contribution is 2.48. The van der Waals surface area contributed by atoms with Crippen molar-refractivity contribution in [3.8, 4) is 5.75 Å². The van der Waals surface area contributed by atoms with Crippen molar-refractivity contribution in [1.29, 1.82) is 0 Å². The molecule has 0 radical (unpaired) electrons. The summed E-state index contributed by atoms with van der Waals surface area (Å²) in [5.74, 6) is -0.479. The molecule has 1 aliphatic rings. The Labute approximate surface area is 227 Å². The van der Waals surface area contributed by atoms with Gasteiger partial charge in [0.1, 0.15) is 34.7 Å². The van der Waals surface area contributed by atoms with Crippen molar-refractivity contribution in [1.82, 2.24) is 14.6 Å². The van der Waals surface area contributed by atoms with Crippen LogP contribution in [0.25, 0.3) is 0 Å². The maximum absolute atomic E-state index is 13.7. The maximum Gasteiger partial charge on any atom is 0.459 e. The smallest absolute Gasteiger partial charge is 0.459 e. The summed E-state index contributed by atoms with van der Waals surface area (Å²) in [6, 6.07) is 7.12. The average Bonchev–Trinajstić information content (AvgIpc) is 3.03. The van der Waals surface area contributed by atoms with Gasteiger partial charge in [0.15, 0.2) is 6.23 Å². The molecule has 0 amide bonds. The lowest BCUT2D eigenvalue weighted by Gasteiger charge is -2.26. The molecule has 6 atom stereocenters. The molecule has 1 fully saturated rings. The van der Waals surface area contributed by atoms with Crippen molar-refractivity contribution in [2.24, 2.45) is 0 Å². The van der Waals surface area contributed by atoms with Gasteiger partial charge in [-0.1, -0.05) is 18.2 Å². The highest BCUT2D eigenvalue weighted by Gasteiger charge is 2.54. The predicted octanol–water partition coefficient (Wildman–Crippen LogP) is 2.98. The Bertz CT molecular complexity index is 1210. The van der Waals surface area contributed by atoms with E-state index in [-0.39, 0.29) is 11.6 Å². The molecule has 0 aliphatic carbocycles. The van der Waals surface area contributed by atoms with Gasteiger partial charge in [-0.2, -0.15) is 10.1 Å². The van der Waals surface area contributed by atoms with E-state index in [1.165, 1.54) is 20.0 Å². The van der Waals surface area contributed by atoms with Gasteiger partial charge in [-0.3, -0.25) is 13.9 Å². The van der Waals surface area contributed by atoms with Crippen LogP contribution >= 0.6 is 35.3 Å². The number of anilines is 1. The normalized spacial score (nSPS) is 26.0. The van der Waals surface area contributed by atoms with Gasteiger partial charge in [0.05, 0.1) is 17.2 Å². The monoisotopic (exact) mass is 622 g/mol. The van der Waals surface area contributed by atoms with Gasteiger partial charge in [-0.25, -0.2) is 9.36 Å². The summed E-state index contributed by atoms with van der Waals surface area (Å²) < 4.78 is 37.3. The third kappa shape index (κ3) is 7.11. The molecule has 12 nitrogen and oxygen atoms in total. The number of carbonyl (C=O) groups excluding carboxylic acids is 1. The fourth-order valence-electron chi connectivity index (χ4n) is 3.48. The highest BCUT2D eigenvalue weighted by atomic mass is 79.9. The second kappa shape index (κ2) is 11.8. The summed E-state index contributed by atoms with van der Waals surface area (Å²) in [5, 5.41) is 13.4. The Morgan fingerprint density at radius 1 is 1.38 bits per heavy atom. The minimum atomic E-state index is -4.22. The average molecular weight is 624 g/mol. The van der Waals surface area contributed by atoms with E-state index in [4.69, 9.17) is 35.9 Å². The van der Waals surface area contributed by atoms with Gasteiger partial charge in [0.25, 0.3) is 0 Å². The number of rotatable bonds is 10. The molecule has 1 aromatic heterocycles. The maximum atomic E-state index is 13.7. The standard InChI is InChI=1S/C22H29BrClN4O8P/c1-12(2)34-19(30)13(3)27-37(32,36-14-8-6-5-7-9-14)33-11-16-17(29)22(4,24)20(35-16)28-10-15(23)18(25)26-21(28)31/h5-10,12-13,16-17,20,29H,11H2,1-4H3,(H,27,32)(H2,25,26,31)/t13-,16-,17-,20-,22-,37?/m1/s1. The van der Waals surface area contributed by atoms with Crippen LogP contribution in [0.4, 0.5) is 5.82 Å². The number of benzene rings is 1. The fourth-order valence-corrected chi connectivity index (χ4v) is 5.59. The molecular weight excluding hydrogens is 595 g/mol. The van der Waals surface area contributed by atoms with Crippen LogP contribution in [0.5, 0.6) is 5.75 Å². The number of nitrogen functional groups attached to an aromatic ring is 1. The second-order valence-corrected chi connectivity index (χ2v) is 12.2. The second-order valence-electron chi connectivity index (χ2n) is 8.82. The molecule has 15 heteroatoms. The van der Waals surface area contributed by atoms with E-state index in [0.717, 1.165) is 4.57 Å². The number of para-hydroxylation sites is 1. The lowest BCUT2D eigenvalue weighted by Crippen LogP contribution is -2.42. The number of esters is 1. The molecule has 2 heterocycles. The molecule has 37 heavy (non-hydrogen) atoms. The van der Waals surface area contributed by atoms with Gasteiger partial charge in [0.2, 0.25) is 0 Å². The van der Waals surface area contributed by atoms with Crippen LogP contribution in [0.2, 0.25) is 0 Å². The topological polar surface area (TPSA) is 164 Å². The van der Waals surface area contributed by atoms with Gasteiger partial charge >= 0.3 is 19.4 Å². The summed E-state index contributed by atoms with van der Waals surface area (Å²) in [6.07, 6.45) is -2.71. The number of halogens is 2. The van der Waals surface area contributed by atoms with Crippen LogP contribution < -0.4 is 21.0 Å². The molecule has 1 saturated heterocycles. The zero-order valence-corrected chi connectivity index (χ0v) is 23.8. The molecule has 204 valence electrons. The minimum Gasteiger partial charge on any atom is -0.462 e. The van der Waals surface area contributed by atoms with Gasteiger partial charge in [-0.15, -0.1) is 11.6 Å². The number of ether oxygens (including phenoxy) is 2. The Morgan fingerprint density at radius 3 is 2.65 bits per heavy atom. The molecule has 4 N–H and O–H groups in total. The fraction of sp³-hybridized carbons (Fsp3) is 0.500. The SMILES string of the molecule is CC(C)OC(=O)[C@@H](C)NP(=O)(OC[C@H]1O[C@@H](n2cc(Br)c(N)nc2=O)[C@](C)(Cl)[C@@H]1O)Oc1ccccc1. The van der Waals surface area contributed by atoms with E-state index in [0.29, 0.717) is 4.47 Å². The van der Waals surface area contributed by atoms with Crippen LogP contribution in [-0.4, -0.2) is 56.5 Å². The Balaban J connectivity index is 1.81. The first-order valence-electron chi connectivity index (χ1n) is 11.3. The Morgan fingerprint density at radius 2 is 2.03 bits per heavy atom. The van der Waals surface area contributed by atoms with Crippen LogP contribution in [0.15, 0.2) is 45.8 Å². The number of aliphatic hydroxyl groups is 1. The molecule has 1 aromatic carbocycles. The molecule has 0 spiro atoms. The summed E-state index contributed by atoms with van der Waals surface area (Å²) in [5.41, 5.74) is 4.91. The highest BCUT2D eigenvalue weighted by molar-refractivity contribution is 9.10. The van der Waals surface area contributed by atoms with Crippen molar-refractivity contribution < 1.29 is 33.0 Å². The number of alkyl halides is 1. The molecule has 1 unspecified atom stereocenters. The number of nitrogens with zero attached hydrogens (tertiary/aromatic N) is 2. The lowest BCUT2D eigenvalue weighted by atomic mass is 10.0. The number of hydrogen-bond donors (Lipinski definition) is 3. The minimum absolute atomic E-state index is 0.0221. The number of hydrogen-bond acceptors (Lipinski definition) is 10. The van der Waals surface area contributed by atoms with Crippen molar-refractivity contribution >= 4 is 47.1 Å². The third-order valence-corrected chi connectivity index (χ3v) is 8.00. The molecular formula is C22H29BrClN4O8P. The summed E-state index contributed by atoms with van der Waals surface area (Å²) in [4.78, 5) is 27.0. The zero-order valence-electron chi connectivity index (χ0n) is 20.5. The van der Waals surface area contributed by atoms with Gasteiger partial charge in [-0.05, 0) is 55.8 Å². The number of nitrogens with one attached hydrogen (secondary N) is 1. The zero-order chi connectivity index (χ0) is 27.5. The lowest BCUT2D eigenvalue weighted by molar-refractivity contribution is -0.149. The summed E-state index contributed by atoms with van der Waals surface area (Å²) in [7, 11) is -4.22. The molecule has 0 saturated carbocycles. The predicted molar refractivity (Wildman–Crippen MR) is 139 cm³/mol. The Kier molecular flexibility index (Phi) is 9.44. The van der Waals surface area contributed by atoms with Crippen molar-refractivity contribution in [3.63, 3.8) is 0 Å². The molecule has 1 aliphatic heterocycles. The van der Waals surface area contributed by atoms with Crippen LogP contribution in [-0.2, 0) is 23.4 Å². The molecule has 0 bridgehead atoms. The third-order valence-electron chi connectivity index (χ3n) is 5.34. The number of nitrogens with two attached hydrogens (primary N) is 1. The molecule has 2 aromatic rings. The largest absolute Gasteiger partial charge is 0.462 e. The van der Waals surface area contributed by atoms with Gasteiger partial charge < -0.3 is 24.8 Å². The van der Waals surface area contributed by atoms with E-state index >= 15 is 0 Å². The van der Waals surface area contributed by atoms with Crippen molar-refractivity contribution in [3.05, 3.63) is 51.5 Å².